The summed E-state index contributed by atoms with van der Waals surface area (Å²) >= 11 is 0. The van der Waals surface area contributed by atoms with Gasteiger partial charge in [-0.1, -0.05) is 13.0 Å². The highest BCUT2D eigenvalue weighted by Crippen LogP contribution is 2.30. The second-order valence-electron chi connectivity index (χ2n) is 5.81. The van der Waals surface area contributed by atoms with Crippen LogP contribution in [0.25, 0.3) is 0 Å². The van der Waals surface area contributed by atoms with Crippen LogP contribution in [-0.2, 0) is 0 Å². The summed E-state index contributed by atoms with van der Waals surface area (Å²) in [5.41, 5.74) is 0.871. The Morgan fingerprint density at radius 1 is 1.43 bits per heavy atom. The topological polar surface area (TPSA) is 45.7 Å². The van der Waals surface area contributed by atoms with Crippen LogP contribution in [0.2, 0.25) is 0 Å². The zero-order chi connectivity index (χ0) is 15.9. The van der Waals surface area contributed by atoms with Crippen molar-refractivity contribution < 1.29 is 9.13 Å². The van der Waals surface area contributed by atoms with E-state index in [0.29, 0.717) is 18.3 Å². The smallest absolute Gasteiger partial charge is 0.191 e. The summed E-state index contributed by atoms with van der Waals surface area (Å²) in [5, 5.41) is 6.46. The van der Waals surface area contributed by atoms with Crippen molar-refractivity contribution >= 4 is 29.9 Å². The molecular weight excluding hydrogens is 408 g/mol. The monoisotopic (exact) mass is 435 g/mol. The third-order valence-corrected chi connectivity index (χ3v) is 3.75. The number of hydrogen-bond donors (Lipinski definition) is 2. The lowest BCUT2D eigenvalue weighted by atomic mass is 10.1. The minimum Gasteiger partial charge on any atom is -0.490 e. The average molecular weight is 435 g/mol. The molecule has 0 radical (unpaired) electrons. The van der Waals surface area contributed by atoms with Gasteiger partial charge in [-0.25, -0.2) is 4.39 Å². The van der Waals surface area contributed by atoms with E-state index in [4.69, 9.17) is 4.74 Å². The van der Waals surface area contributed by atoms with Gasteiger partial charge in [-0.2, -0.15) is 0 Å². The zero-order valence-corrected chi connectivity index (χ0v) is 16.4. The van der Waals surface area contributed by atoms with Crippen molar-refractivity contribution in [2.45, 2.75) is 39.2 Å². The predicted octanol–water partition coefficient (Wildman–Crippen LogP) is 3.87. The minimum atomic E-state index is -0.302. The molecule has 2 N–H and O–H groups in total. The Bertz CT molecular complexity index is 521. The summed E-state index contributed by atoms with van der Waals surface area (Å²) in [4.78, 5) is 4.16. The van der Waals surface area contributed by atoms with Crippen LogP contribution in [0.3, 0.4) is 0 Å². The molecule has 0 saturated heterocycles. The van der Waals surface area contributed by atoms with Crippen molar-refractivity contribution in [3.05, 3.63) is 29.6 Å². The number of ether oxygens (including phenoxy) is 1. The second-order valence-corrected chi connectivity index (χ2v) is 5.81. The summed E-state index contributed by atoms with van der Waals surface area (Å²) < 4.78 is 19.6. The number of guanidine groups is 1. The molecule has 1 aromatic rings. The summed E-state index contributed by atoms with van der Waals surface area (Å²) in [5.74, 6) is 1.39. The molecule has 23 heavy (non-hydrogen) atoms. The van der Waals surface area contributed by atoms with Crippen molar-refractivity contribution in [3.8, 4) is 5.75 Å². The lowest BCUT2D eigenvalue weighted by molar-refractivity contribution is 0.285. The van der Waals surface area contributed by atoms with Crippen molar-refractivity contribution in [1.82, 2.24) is 10.6 Å². The largest absolute Gasteiger partial charge is 0.490 e. The molecule has 1 aromatic carbocycles. The van der Waals surface area contributed by atoms with E-state index >= 15 is 0 Å². The highest BCUT2D eigenvalue weighted by molar-refractivity contribution is 14.0. The third-order valence-electron chi connectivity index (χ3n) is 3.75. The van der Waals surface area contributed by atoms with Crippen LogP contribution in [0.4, 0.5) is 4.39 Å². The molecule has 6 heteroatoms. The van der Waals surface area contributed by atoms with Crippen LogP contribution in [0, 0.1) is 11.7 Å². The maximum atomic E-state index is 14.1. The number of nitrogens with zero attached hydrogens (tertiary/aromatic N) is 1. The first-order valence-corrected chi connectivity index (χ1v) is 8.03. The van der Waals surface area contributed by atoms with Gasteiger partial charge in [0, 0.05) is 13.6 Å². The SMILES string of the molecule is CCCNC(=NC)NC(C)c1ccc(OCC2CC2)c(F)c1.I. The van der Waals surface area contributed by atoms with E-state index in [9.17, 15) is 4.39 Å². The fourth-order valence-electron chi connectivity index (χ4n) is 2.12. The Kier molecular flexibility index (Phi) is 8.65. The molecule has 0 aromatic heterocycles. The van der Waals surface area contributed by atoms with Gasteiger partial charge in [-0.15, -0.1) is 24.0 Å². The number of hydrogen-bond acceptors (Lipinski definition) is 2. The van der Waals surface area contributed by atoms with Crippen molar-refractivity contribution in [3.63, 3.8) is 0 Å². The quantitative estimate of drug-likeness (QED) is 0.389. The Labute approximate surface area is 155 Å². The van der Waals surface area contributed by atoms with Gasteiger partial charge in [-0.05, 0) is 49.8 Å². The fraction of sp³-hybridized carbons (Fsp3) is 0.588. The van der Waals surface area contributed by atoms with Crippen LogP contribution < -0.4 is 15.4 Å². The molecule has 0 aliphatic heterocycles. The predicted molar refractivity (Wildman–Crippen MR) is 103 cm³/mol. The van der Waals surface area contributed by atoms with Crippen LogP contribution in [0.15, 0.2) is 23.2 Å². The lowest BCUT2D eigenvalue weighted by Crippen LogP contribution is -2.39. The van der Waals surface area contributed by atoms with Crippen LogP contribution in [0.5, 0.6) is 5.75 Å². The van der Waals surface area contributed by atoms with Crippen LogP contribution >= 0.6 is 24.0 Å². The molecule has 0 spiro atoms. The minimum absolute atomic E-state index is 0. The average Bonchev–Trinajstić information content (AvgIpc) is 3.34. The molecule has 1 unspecified atom stereocenters. The molecule has 2 rings (SSSR count). The molecule has 0 bridgehead atoms. The third kappa shape index (κ3) is 6.53. The Morgan fingerprint density at radius 2 is 2.17 bits per heavy atom. The van der Waals surface area contributed by atoms with Gasteiger partial charge in [-0.3, -0.25) is 4.99 Å². The maximum Gasteiger partial charge on any atom is 0.191 e. The summed E-state index contributed by atoms with van der Waals surface area (Å²) in [6, 6.07) is 5.12. The molecule has 1 fully saturated rings. The molecule has 0 heterocycles. The van der Waals surface area contributed by atoms with Gasteiger partial charge in [0.25, 0.3) is 0 Å². The van der Waals surface area contributed by atoms with Gasteiger partial charge < -0.3 is 15.4 Å². The van der Waals surface area contributed by atoms with E-state index in [-0.39, 0.29) is 35.8 Å². The number of nitrogens with one attached hydrogen (secondary N) is 2. The molecule has 1 atom stereocenters. The van der Waals surface area contributed by atoms with E-state index in [1.807, 2.05) is 13.0 Å². The Balaban J connectivity index is 0.00000264. The molecule has 1 aliphatic carbocycles. The second kappa shape index (κ2) is 9.95. The number of rotatable bonds is 7. The molecule has 1 aliphatic rings. The first-order valence-electron chi connectivity index (χ1n) is 8.03. The standard InChI is InChI=1S/C17H26FN3O.HI/c1-4-9-20-17(19-3)21-12(2)14-7-8-16(15(18)10-14)22-11-13-5-6-13;/h7-8,10,12-13H,4-6,9,11H2,1-3H3,(H2,19,20,21);1H. The summed E-state index contributed by atoms with van der Waals surface area (Å²) in [6.07, 6.45) is 3.42. The van der Waals surface area contributed by atoms with Crippen molar-refractivity contribution in [2.24, 2.45) is 10.9 Å². The van der Waals surface area contributed by atoms with Gasteiger partial charge in [0.2, 0.25) is 0 Å². The first kappa shape index (κ1) is 20.0. The van der Waals surface area contributed by atoms with Gasteiger partial charge in [0.05, 0.1) is 12.6 Å². The molecule has 130 valence electrons. The lowest BCUT2D eigenvalue weighted by Gasteiger charge is -2.18. The number of halogens is 2. The van der Waals surface area contributed by atoms with E-state index in [1.165, 1.54) is 18.9 Å². The summed E-state index contributed by atoms with van der Waals surface area (Å²) in [7, 11) is 1.73. The first-order chi connectivity index (χ1) is 10.6. The van der Waals surface area contributed by atoms with Crippen molar-refractivity contribution in [1.29, 1.82) is 0 Å². The van der Waals surface area contributed by atoms with Crippen LogP contribution in [-0.4, -0.2) is 26.2 Å². The number of aliphatic imine (C=N–C) groups is 1. The van der Waals surface area contributed by atoms with E-state index in [0.717, 1.165) is 24.5 Å². The Hall–Kier alpha value is -1.05. The van der Waals surface area contributed by atoms with Gasteiger partial charge in [0.15, 0.2) is 17.5 Å². The normalized spacial score (nSPS) is 15.6. The highest BCUT2D eigenvalue weighted by Gasteiger charge is 2.22. The van der Waals surface area contributed by atoms with Gasteiger partial charge >= 0.3 is 0 Å². The van der Waals surface area contributed by atoms with Crippen molar-refractivity contribution in [2.75, 3.05) is 20.2 Å². The molecule has 0 amide bonds. The molecular formula is C17H27FIN3O. The van der Waals surface area contributed by atoms with Crippen LogP contribution in [0.1, 0.15) is 44.7 Å². The highest BCUT2D eigenvalue weighted by atomic mass is 127. The van der Waals surface area contributed by atoms with E-state index in [1.54, 1.807) is 13.1 Å². The zero-order valence-electron chi connectivity index (χ0n) is 14.1. The van der Waals surface area contributed by atoms with Gasteiger partial charge in [0.1, 0.15) is 0 Å². The summed E-state index contributed by atoms with van der Waals surface area (Å²) in [6.45, 7) is 5.56. The van der Waals surface area contributed by atoms with E-state index in [2.05, 4.69) is 22.5 Å². The van der Waals surface area contributed by atoms with E-state index < -0.39 is 0 Å². The molecule has 1 saturated carbocycles. The number of benzene rings is 1. The maximum absolute atomic E-state index is 14.1. The fourth-order valence-corrected chi connectivity index (χ4v) is 2.12. The molecule has 4 nitrogen and oxygen atoms in total. The Morgan fingerprint density at radius 3 is 2.74 bits per heavy atom.